The quantitative estimate of drug-likeness (QED) is 0.559. The zero-order valence-corrected chi connectivity index (χ0v) is 11.0. The predicted octanol–water partition coefficient (Wildman–Crippen LogP) is -0.926. The molecule has 1 saturated carbocycles. The van der Waals surface area contributed by atoms with Crippen LogP contribution >= 0.6 is 0 Å². The molecule has 0 unspecified atom stereocenters. The molecule has 0 spiro atoms. The number of imidazole rings is 1. The fourth-order valence-electron chi connectivity index (χ4n) is 3.00. The Morgan fingerprint density at radius 2 is 2.20 bits per heavy atom. The van der Waals surface area contributed by atoms with Gasteiger partial charge in [0.2, 0.25) is 0 Å². The van der Waals surface area contributed by atoms with Crippen molar-refractivity contribution in [3.05, 3.63) is 12.7 Å². The van der Waals surface area contributed by atoms with Crippen molar-refractivity contribution in [1.29, 1.82) is 0 Å². The predicted molar refractivity (Wildman–Crippen MR) is 70.6 cm³/mol. The lowest BCUT2D eigenvalue weighted by Gasteiger charge is -2.29. The topological polar surface area (TPSA) is 130 Å². The van der Waals surface area contributed by atoms with E-state index in [1.165, 1.54) is 12.7 Å². The Morgan fingerprint density at radius 3 is 2.85 bits per heavy atom. The molecular weight excluding hydrogens is 262 g/mol. The van der Waals surface area contributed by atoms with Gasteiger partial charge in [0.1, 0.15) is 17.4 Å². The standard InChI is InChI=1S/C12H17N5O3/c1-12(20)7(2-6(3-18)9(12)19)17-5-16-8-10(13)14-4-15-11(8)17/h4-7,9,18-20H,2-3H2,1H3,(H2,13,14,15)/t6-,7-,9-,12+/m1/s1. The van der Waals surface area contributed by atoms with Gasteiger partial charge in [0.15, 0.2) is 11.5 Å². The van der Waals surface area contributed by atoms with Gasteiger partial charge in [0, 0.05) is 12.5 Å². The number of nitrogen functional groups attached to an aromatic ring is 1. The monoisotopic (exact) mass is 279 g/mol. The van der Waals surface area contributed by atoms with Crippen molar-refractivity contribution in [1.82, 2.24) is 19.5 Å². The molecule has 5 N–H and O–H groups in total. The summed E-state index contributed by atoms with van der Waals surface area (Å²) in [6.45, 7) is 1.37. The molecule has 3 rings (SSSR count). The third-order valence-corrected chi connectivity index (χ3v) is 4.20. The zero-order chi connectivity index (χ0) is 14.5. The van der Waals surface area contributed by atoms with Gasteiger partial charge in [0.05, 0.1) is 18.5 Å². The molecule has 8 nitrogen and oxygen atoms in total. The lowest BCUT2D eigenvalue weighted by atomic mass is 9.96. The number of nitrogens with zero attached hydrogens (tertiary/aromatic N) is 4. The number of anilines is 1. The van der Waals surface area contributed by atoms with E-state index in [9.17, 15) is 15.3 Å². The van der Waals surface area contributed by atoms with Crippen LogP contribution in [0, 0.1) is 5.92 Å². The molecule has 0 bridgehead atoms. The maximum Gasteiger partial charge on any atom is 0.165 e. The fourth-order valence-corrected chi connectivity index (χ4v) is 3.00. The van der Waals surface area contributed by atoms with Gasteiger partial charge in [-0.15, -0.1) is 0 Å². The smallest absolute Gasteiger partial charge is 0.165 e. The minimum Gasteiger partial charge on any atom is -0.396 e. The van der Waals surface area contributed by atoms with Crippen LogP contribution in [0.3, 0.4) is 0 Å². The van der Waals surface area contributed by atoms with Crippen molar-refractivity contribution >= 4 is 17.0 Å². The second-order valence-corrected chi connectivity index (χ2v) is 5.45. The van der Waals surface area contributed by atoms with Crippen LogP contribution in [0.1, 0.15) is 19.4 Å². The number of hydrogen-bond donors (Lipinski definition) is 4. The van der Waals surface area contributed by atoms with Crippen molar-refractivity contribution in [2.45, 2.75) is 31.1 Å². The third-order valence-electron chi connectivity index (χ3n) is 4.20. The Labute approximate surface area is 114 Å². The molecule has 8 heteroatoms. The van der Waals surface area contributed by atoms with Gasteiger partial charge in [-0.05, 0) is 13.3 Å². The number of hydrogen-bond acceptors (Lipinski definition) is 7. The van der Waals surface area contributed by atoms with Crippen molar-refractivity contribution in [3.8, 4) is 0 Å². The van der Waals surface area contributed by atoms with Crippen molar-refractivity contribution in [3.63, 3.8) is 0 Å². The van der Waals surface area contributed by atoms with E-state index < -0.39 is 17.7 Å². The van der Waals surface area contributed by atoms with Gasteiger partial charge in [-0.2, -0.15) is 0 Å². The Kier molecular flexibility index (Phi) is 2.89. The molecule has 4 atom stereocenters. The highest BCUT2D eigenvalue weighted by Crippen LogP contribution is 2.43. The third kappa shape index (κ3) is 1.69. The first-order valence-corrected chi connectivity index (χ1v) is 6.41. The van der Waals surface area contributed by atoms with Crippen molar-refractivity contribution in [2.24, 2.45) is 5.92 Å². The van der Waals surface area contributed by atoms with E-state index in [1.807, 2.05) is 0 Å². The minimum absolute atomic E-state index is 0.183. The molecule has 20 heavy (non-hydrogen) atoms. The Balaban J connectivity index is 2.10. The van der Waals surface area contributed by atoms with Crippen LogP contribution < -0.4 is 5.73 Å². The Hall–Kier alpha value is -1.77. The summed E-state index contributed by atoms with van der Waals surface area (Å²) in [5, 5.41) is 30.0. The highest BCUT2D eigenvalue weighted by Gasteiger charge is 2.51. The van der Waals surface area contributed by atoms with E-state index in [0.29, 0.717) is 17.6 Å². The fraction of sp³-hybridized carbons (Fsp3) is 0.583. The van der Waals surface area contributed by atoms with E-state index in [0.717, 1.165) is 0 Å². The summed E-state index contributed by atoms with van der Waals surface area (Å²) < 4.78 is 1.69. The SMILES string of the molecule is C[C@@]1(O)[C@H](O)[C@@H](CO)C[C@H]1n1cnc2c(N)ncnc21. The molecule has 2 heterocycles. The van der Waals surface area contributed by atoms with Crippen LogP contribution in [0.25, 0.3) is 11.2 Å². The first-order valence-electron chi connectivity index (χ1n) is 6.41. The van der Waals surface area contributed by atoms with Gasteiger partial charge in [-0.1, -0.05) is 0 Å². The van der Waals surface area contributed by atoms with Crippen LogP contribution in [0.5, 0.6) is 0 Å². The van der Waals surface area contributed by atoms with Gasteiger partial charge < -0.3 is 25.6 Å². The summed E-state index contributed by atoms with van der Waals surface area (Å²) in [5.41, 5.74) is 5.33. The van der Waals surface area contributed by atoms with Gasteiger partial charge in [-0.3, -0.25) is 0 Å². The van der Waals surface area contributed by atoms with Gasteiger partial charge in [0.25, 0.3) is 0 Å². The number of aliphatic hydroxyl groups is 3. The average molecular weight is 279 g/mol. The summed E-state index contributed by atoms with van der Waals surface area (Å²) in [7, 11) is 0. The van der Waals surface area contributed by atoms with E-state index in [4.69, 9.17) is 5.73 Å². The van der Waals surface area contributed by atoms with E-state index in [-0.39, 0.29) is 18.3 Å². The van der Waals surface area contributed by atoms with E-state index in [2.05, 4.69) is 15.0 Å². The summed E-state index contributed by atoms with van der Waals surface area (Å²) in [4.78, 5) is 12.2. The van der Waals surface area contributed by atoms with Crippen LogP contribution in [0.2, 0.25) is 0 Å². The van der Waals surface area contributed by atoms with Crippen molar-refractivity contribution < 1.29 is 15.3 Å². The molecule has 2 aromatic rings. The number of fused-ring (bicyclic) bond motifs is 1. The number of aliphatic hydroxyl groups excluding tert-OH is 2. The minimum atomic E-state index is -1.37. The van der Waals surface area contributed by atoms with Gasteiger partial charge in [-0.25, -0.2) is 15.0 Å². The molecule has 0 aliphatic heterocycles. The van der Waals surface area contributed by atoms with Crippen LogP contribution in [-0.4, -0.2) is 53.2 Å². The summed E-state index contributed by atoms with van der Waals surface area (Å²) >= 11 is 0. The highest BCUT2D eigenvalue weighted by atomic mass is 16.3. The number of nitrogens with two attached hydrogens (primary N) is 1. The van der Waals surface area contributed by atoms with Crippen LogP contribution in [0.4, 0.5) is 5.82 Å². The normalized spacial score (nSPS) is 33.9. The molecule has 0 radical (unpaired) electrons. The number of rotatable bonds is 2. The molecule has 0 saturated heterocycles. The average Bonchev–Trinajstić information content (AvgIpc) is 2.92. The first-order chi connectivity index (χ1) is 9.46. The molecule has 108 valence electrons. The van der Waals surface area contributed by atoms with Gasteiger partial charge >= 0.3 is 0 Å². The summed E-state index contributed by atoms with van der Waals surface area (Å²) in [5.74, 6) is -0.114. The highest BCUT2D eigenvalue weighted by molar-refractivity contribution is 5.81. The lowest BCUT2D eigenvalue weighted by molar-refractivity contribution is -0.0777. The molecule has 0 aromatic carbocycles. The second-order valence-electron chi connectivity index (χ2n) is 5.45. The van der Waals surface area contributed by atoms with Crippen molar-refractivity contribution in [2.75, 3.05) is 12.3 Å². The molecule has 1 aliphatic carbocycles. The molecule has 1 fully saturated rings. The molecule has 2 aromatic heterocycles. The molecular formula is C12H17N5O3. The maximum atomic E-state index is 10.5. The summed E-state index contributed by atoms with van der Waals surface area (Å²) in [6.07, 6.45) is 2.29. The molecule has 0 amide bonds. The van der Waals surface area contributed by atoms with E-state index in [1.54, 1.807) is 11.5 Å². The largest absolute Gasteiger partial charge is 0.396 e. The lowest BCUT2D eigenvalue weighted by Crippen LogP contribution is -2.42. The zero-order valence-electron chi connectivity index (χ0n) is 11.0. The first kappa shape index (κ1) is 13.2. The number of aromatic nitrogens is 4. The second kappa shape index (κ2) is 4.37. The van der Waals surface area contributed by atoms with E-state index >= 15 is 0 Å². The Morgan fingerprint density at radius 1 is 1.45 bits per heavy atom. The maximum absolute atomic E-state index is 10.5. The van der Waals surface area contributed by atoms with Crippen LogP contribution in [0.15, 0.2) is 12.7 Å². The Bertz CT molecular complexity index is 641. The molecule has 1 aliphatic rings. The van der Waals surface area contributed by atoms with Crippen LogP contribution in [-0.2, 0) is 0 Å². The summed E-state index contributed by atoms with van der Waals surface area (Å²) in [6, 6.07) is -0.436.